The molecule has 37 heavy (non-hydrogen) atoms. The zero-order valence-corrected chi connectivity index (χ0v) is 21.7. The van der Waals surface area contributed by atoms with Crippen LogP contribution in [-0.2, 0) is 10.3 Å². The first kappa shape index (κ1) is 24.0. The number of ether oxygens (including phenoxy) is 1. The SMILES string of the molecule is O=C1OC2(CCNCC2)c2ccc(Br)c(C(=O)c3cn(C(=O)c4ccccc4F)c4cc(Cl)ccc34)c21. The van der Waals surface area contributed by atoms with Crippen LogP contribution in [0.4, 0.5) is 4.39 Å². The third-order valence-electron chi connectivity index (χ3n) is 7.11. The molecule has 4 aromatic rings. The lowest BCUT2D eigenvalue weighted by molar-refractivity contribution is -0.0242. The zero-order chi connectivity index (χ0) is 25.9. The zero-order valence-electron chi connectivity index (χ0n) is 19.3. The molecular weight excluding hydrogens is 563 g/mol. The lowest BCUT2D eigenvalue weighted by Gasteiger charge is -2.33. The number of piperidine rings is 1. The Labute approximate surface area is 224 Å². The minimum absolute atomic E-state index is 0.142. The van der Waals surface area contributed by atoms with Gasteiger partial charge in [0.2, 0.25) is 0 Å². The molecule has 0 saturated carbocycles. The third kappa shape index (κ3) is 3.74. The molecule has 1 spiro atoms. The van der Waals surface area contributed by atoms with Crippen molar-refractivity contribution in [1.82, 2.24) is 9.88 Å². The molecule has 9 heteroatoms. The molecule has 3 aromatic carbocycles. The quantitative estimate of drug-likeness (QED) is 0.242. The lowest BCUT2D eigenvalue weighted by Crippen LogP contribution is -2.40. The molecule has 1 saturated heterocycles. The van der Waals surface area contributed by atoms with E-state index in [0.717, 1.165) is 0 Å². The van der Waals surface area contributed by atoms with Gasteiger partial charge in [-0.1, -0.05) is 51.8 Å². The maximum Gasteiger partial charge on any atom is 0.340 e. The molecule has 1 fully saturated rings. The van der Waals surface area contributed by atoms with E-state index in [0.29, 0.717) is 51.9 Å². The summed E-state index contributed by atoms with van der Waals surface area (Å²) in [7, 11) is 0. The van der Waals surface area contributed by atoms with Crippen LogP contribution in [0.1, 0.15) is 55.0 Å². The smallest absolute Gasteiger partial charge is 0.340 e. The number of hydrogen-bond acceptors (Lipinski definition) is 5. The fourth-order valence-corrected chi connectivity index (χ4v) is 6.00. The molecule has 0 atom stereocenters. The average molecular weight is 582 g/mol. The van der Waals surface area contributed by atoms with Gasteiger partial charge in [0.1, 0.15) is 11.4 Å². The average Bonchev–Trinajstić information content (AvgIpc) is 3.39. The number of rotatable bonds is 3. The molecule has 0 radical (unpaired) electrons. The standard InChI is InChI=1S/C28H19BrClFN2O4/c29-20-8-7-19-23(27(36)37-28(19)9-11-32-12-10-28)24(20)25(34)18-14-33(22-13-15(30)5-6-16(18)22)26(35)17-3-1-2-4-21(17)31/h1-8,13-14,32H,9-12H2. The van der Waals surface area contributed by atoms with E-state index in [-0.39, 0.29) is 22.3 Å². The number of nitrogens with zero attached hydrogens (tertiary/aromatic N) is 1. The Morgan fingerprint density at radius 3 is 2.57 bits per heavy atom. The van der Waals surface area contributed by atoms with Gasteiger partial charge in [-0.2, -0.15) is 0 Å². The summed E-state index contributed by atoms with van der Waals surface area (Å²) in [5.41, 5.74) is 0.725. The Morgan fingerprint density at radius 1 is 1.05 bits per heavy atom. The number of halogens is 3. The molecule has 186 valence electrons. The van der Waals surface area contributed by atoms with Crippen LogP contribution in [0.3, 0.4) is 0 Å². The molecule has 1 N–H and O–H groups in total. The summed E-state index contributed by atoms with van der Waals surface area (Å²) in [6.45, 7) is 1.39. The fraction of sp³-hybridized carbons (Fsp3) is 0.179. The van der Waals surface area contributed by atoms with Crippen LogP contribution in [0.25, 0.3) is 10.9 Å². The van der Waals surface area contributed by atoms with E-state index in [1.807, 2.05) is 6.07 Å². The number of ketones is 1. The second kappa shape index (κ2) is 8.90. The van der Waals surface area contributed by atoms with Crippen molar-refractivity contribution >= 4 is 56.1 Å². The second-order valence-electron chi connectivity index (χ2n) is 9.17. The van der Waals surface area contributed by atoms with Crippen molar-refractivity contribution in [2.24, 2.45) is 0 Å². The van der Waals surface area contributed by atoms with Crippen LogP contribution in [0.15, 0.2) is 65.3 Å². The number of benzene rings is 3. The molecule has 0 bridgehead atoms. The van der Waals surface area contributed by atoms with E-state index in [4.69, 9.17) is 16.3 Å². The van der Waals surface area contributed by atoms with Gasteiger partial charge in [0.25, 0.3) is 5.91 Å². The van der Waals surface area contributed by atoms with Crippen molar-refractivity contribution in [3.05, 3.63) is 104 Å². The van der Waals surface area contributed by atoms with Crippen LogP contribution in [0.2, 0.25) is 5.02 Å². The summed E-state index contributed by atoms with van der Waals surface area (Å²) < 4.78 is 22.0. The van der Waals surface area contributed by atoms with Crippen LogP contribution >= 0.6 is 27.5 Å². The van der Waals surface area contributed by atoms with Gasteiger partial charge in [0, 0.05) is 45.0 Å². The molecular formula is C28H19BrClFN2O4. The van der Waals surface area contributed by atoms with E-state index in [1.54, 1.807) is 30.3 Å². The molecule has 6 nitrogen and oxygen atoms in total. The van der Waals surface area contributed by atoms with Crippen LogP contribution in [0, 0.1) is 5.82 Å². The number of fused-ring (bicyclic) bond motifs is 3. The van der Waals surface area contributed by atoms with Gasteiger partial charge in [-0.05, 0) is 43.4 Å². The van der Waals surface area contributed by atoms with Gasteiger partial charge < -0.3 is 10.1 Å². The number of aromatic nitrogens is 1. The predicted octanol–water partition coefficient (Wildman–Crippen LogP) is 5.86. The highest BCUT2D eigenvalue weighted by atomic mass is 79.9. The van der Waals surface area contributed by atoms with Crippen molar-refractivity contribution in [1.29, 1.82) is 0 Å². The third-order valence-corrected chi connectivity index (χ3v) is 8.01. The highest BCUT2D eigenvalue weighted by Crippen LogP contribution is 2.46. The first-order valence-electron chi connectivity index (χ1n) is 11.7. The van der Waals surface area contributed by atoms with Crippen LogP contribution < -0.4 is 5.32 Å². The normalized spacial score (nSPS) is 16.1. The summed E-state index contributed by atoms with van der Waals surface area (Å²) in [6.07, 6.45) is 2.59. The summed E-state index contributed by atoms with van der Waals surface area (Å²) in [6, 6.07) is 14.0. The van der Waals surface area contributed by atoms with Gasteiger partial charge in [-0.25, -0.2) is 9.18 Å². The topological polar surface area (TPSA) is 77.4 Å². The summed E-state index contributed by atoms with van der Waals surface area (Å²) in [5.74, 6) is -2.33. The fourth-order valence-electron chi connectivity index (χ4n) is 5.32. The largest absolute Gasteiger partial charge is 0.450 e. The van der Waals surface area contributed by atoms with Crippen molar-refractivity contribution < 1.29 is 23.5 Å². The van der Waals surface area contributed by atoms with Crippen LogP contribution in [-0.4, -0.2) is 35.3 Å². The molecule has 2 aliphatic rings. The van der Waals surface area contributed by atoms with Gasteiger partial charge in [-0.3, -0.25) is 14.2 Å². The summed E-state index contributed by atoms with van der Waals surface area (Å²) >= 11 is 9.68. The van der Waals surface area contributed by atoms with Crippen molar-refractivity contribution in [3.63, 3.8) is 0 Å². The van der Waals surface area contributed by atoms with E-state index in [1.165, 1.54) is 29.0 Å². The predicted molar refractivity (Wildman–Crippen MR) is 140 cm³/mol. The van der Waals surface area contributed by atoms with E-state index in [9.17, 15) is 18.8 Å². The Morgan fingerprint density at radius 2 is 1.81 bits per heavy atom. The Bertz CT molecular complexity index is 1640. The van der Waals surface area contributed by atoms with Crippen molar-refractivity contribution in [2.75, 3.05) is 13.1 Å². The maximum atomic E-state index is 14.5. The van der Waals surface area contributed by atoms with E-state index < -0.39 is 29.1 Å². The molecule has 0 aliphatic carbocycles. The van der Waals surface area contributed by atoms with E-state index >= 15 is 0 Å². The Balaban J connectivity index is 1.54. The molecule has 6 rings (SSSR count). The number of hydrogen-bond donors (Lipinski definition) is 1. The monoisotopic (exact) mass is 580 g/mol. The molecule has 0 amide bonds. The number of carbonyl (C=O) groups excluding carboxylic acids is 3. The minimum Gasteiger partial charge on any atom is -0.450 e. The van der Waals surface area contributed by atoms with Gasteiger partial charge >= 0.3 is 5.97 Å². The first-order valence-corrected chi connectivity index (χ1v) is 12.9. The van der Waals surface area contributed by atoms with E-state index in [2.05, 4.69) is 21.2 Å². The Hall–Kier alpha value is -3.33. The summed E-state index contributed by atoms with van der Waals surface area (Å²) in [5, 5.41) is 4.07. The highest BCUT2D eigenvalue weighted by molar-refractivity contribution is 9.10. The van der Waals surface area contributed by atoms with Gasteiger partial charge in [0.05, 0.1) is 22.2 Å². The van der Waals surface area contributed by atoms with Crippen molar-refractivity contribution in [2.45, 2.75) is 18.4 Å². The van der Waals surface area contributed by atoms with Gasteiger partial charge in [-0.15, -0.1) is 0 Å². The first-order chi connectivity index (χ1) is 17.8. The van der Waals surface area contributed by atoms with Crippen LogP contribution in [0.5, 0.6) is 0 Å². The molecule has 2 aliphatic heterocycles. The minimum atomic E-state index is -0.768. The van der Waals surface area contributed by atoms with Gasteiger partial charge in [0.15, 0.2) is 5.78 Å². The number of nitrogens with one attached hydrogen (secondary N) is 1. The lowest BCUT2D eigenvalue weighted by atomic mass is 9.82. The van der Waals surface area contributed by atoms with Crippen molar-refractivity contribution in [3.8, 4) is 0 Å². The molecule has 3 heterocycles. The molecule has 0 unspecified atom stereocenters. The Kier molecular flexibility index (Phi) is 5.78. The number of esters is 1. The number of carbonyl (C=O) groups is 3. The highest BCUT2D eigenvalue weighted by Gasteiger charge is 2.48. The second-order valence-corrected chi connectivity index (χ2v) is 10.5. The summed E-state index contributed by atoms with van der Waals surface area (Å²) in [4.78, 5) is 40.6. The molecule has 1 aromatic heterocycles. The maximum absolute atomic E-state index is 14.5.